The lowest BCUT2D eigenvalue weighted by molar-refractivity contribution is 1.66. The van der Waals surface area contributed by atoms with Crippen molar-refractivity contribution in [3.05, 3.63) is 0 Å². The summed E-state index contributed by atoms with van der Waals surface area (Å²) in [5.41, 5.74) is 20.2. The molecule has 7 heavy (non-hydrogen) atoms. The molecular weight excluding hydrogens is 132 g/mol. The Balaban J connectivity index is 3.45. The van der Waals surface area contributed by atoms with Gasteiger partial charge in [0, 0.05) is 0 Å². The molecule has 8 N–H and O–H groups in total. The first-order chi connectivity index (χ1) is 3.13. The van der Waals surface area contributed by atoms with Gasteiger partial charge >= 0.3 is 0 Å². The summed E-state index contributed by atoms with van der Waals surface area (Å²) in [7, 11) is -2.75. The molecule has 0 atom stereocenters. The van der Waals surface area contributed by atoms with Crippen molar-refractivity contribution in [3.8, 4) is 0 Å². The van der Waals surface area contributed by atoms with Gasteiger partial charge in [0.2, 0.25) is 0 Å². The fraction of sp³-hybridized carbons (Fsp3) is 0. The highest BCUT2D eigenvalue weighted by Crippen LogP contribution is 2.22. The van der Waals surface area contributed by atoms with Gasteiger partial charge < -0.3 is 0 Å². The zero-order valence-electron chi connectivity index (χ0n) is 3.70. The van der Waals surface area contributed by atoms with E-state index >= 15 is 0 Å². The largest absolute Gasteiger partial charge is 0.288 e. The van der Waals surface area contributed by atoms with E-state index in [0.717, 1.165) is 0 Å². The maximum absolute atomic E-state index is 5.06. The zero-order valence-corrected chi connectivity index (χ0v) is 5.60. The van der Waals surface area contributed by atoms with Crippen molar-refractivity contribution in [2.45, 2.75) is 0 Å². The topological polar surface area (TPSA) is 116 Å². The average molecular weight is 141 g/mol. The van der Waals surface area contributed by atoms with Crippen molar-refractivity contribution < 1.29 is 0 Å². The Morgan fingerprint density at radius 2 is 1.71 bits per heavy atom. The van der Waals surface area contributed by atoms with Crippen LogP contribution in [0.25, 0.3) is 0 Å². The van der Waals surface area contributed by atoms with Crippen LogP contribution in [-0.2, 0) is 0 Å². The minimum Gasteiger partial charge on any atom is -0.288 e. The number of nitrogens with two attached hydrogens (primary N) is 4. The van der Waals surface area contributed by atoms with Gasteiger partial charge in [0.25, 0.3) is 0 Å². The van der Waals surface area contributed by atoms with E-state index in [9.17, 15) is 0 Å². The van der Waals surface area contributed by atoms with Crippen molar-refractivity contribution in [1.82, 2.24) is 0 Å². The standard InChI is InChI=1S/H9N5P2/c1-6(2)5-7(3)4/h7H,1-2H2,(H4,3,4,5). The van der Waals surface area contributed by atoms with Gasteiger partial charge in [-0.1, -0.05) is 0 Å². The van der Waals surface area contributed by atoms with Gasteiger partial charge in [-0.05, 0) is 0 Å². The molecular formula is H9N5P2. The van der Waals surface area contributed by atoms with E-state index in [0.29, 0.717) is 0 Å². The number of nitrogens with zero attached hydrogens (tertiary/aromatic N) is 1. The first-order valence-electron chi connectivity index (χ1n) is 1.52. The molecule has 0 spiro atoms. The average Bonchev–Trinajstić information content (AvgIpc) is 1.27. The maximum atomic E-state index is 5.06. The summed E-state index contributed by atoms with van der Waals surface area (Å²) < 4.78 is 3.56. The Labute approximate surface area is 43.9 Å². The van der Waals surface area contributed by atoms with Crippen molar-refractivity contribution in [1.29, 1.82) is 0 Å². The van der Waals surface area contributed by atoms with Gasteiger partial charge in [-0.25, -0.2) is 4.52 Å². The Kier molecular flexibility index (Phi) is 3.75. The molecule has 0 amide bonds. The molecule has 5 nitrogen and oxygen atoms in total. The van der Waals surface area contributed by atoms with E-state index in [1.165, 1.54) is 0 Å². The van der Waals surface area contributed by atoms with Crippen LogP contribution in [0.15, 0.2) is 4.52 Å². The van der Waals surface area contributed by atoms with Crippen LogP contribution in [0.3, 0.4) is 0 Å². The molecule has 44 valence electrons. The molecule has 0 aromatic heterocycles. The van der Waals surface area contributed by atoms with Crippen LogP contribution in [-0.4, -0.2) is 0 Å². The molecule has 0 rings (SSSR count). The minimum absolute atomic E-state index is 1.22. The zero-order chi connectivity index (χ0) is 5.86. The molecule has 0 aromatic carbocycles. The van der Waals surface area contributed by atoms with Crippen LogP contribution in [0.4, 0.5) is 0 Å². The first kappa shape index (κ1) is 7.50. The van der Waals surface area contributed by atoms with Crippen LogP contribution in [0.1, 0.15) is 0 Å². The third kappa shape index (κ3) is 6.50. The van der Waals surface area contributed by atoms with Crippen LogP contribution >= 0.6 is 16.4 Å². The second kappa shape index (κ2) is 3.50. The third-order valence-electron chi connectivity index (χ3n) is 0.231. The summed E-state index contributed by atoms with van der Waals surface area (Å²) in [6, 6.07) is 0. The van der Waals surface area contributed by atoms with E-state index in [-0.39, 0.29) is 0 Å². The molecule has 0 saturated heterocycles. The lowest BCUT2D eigenvalue weighted by atomic mass is 13.8. The molecule has 0 bridgehead atoms. The highest BCUT2D eigenvalue weighted by molar-refractivity contribution is 7.59. The molecule has 7 heteroatoms. The van der Waals surface area contributed by atoms with Gasteiger partial charge in [0.1, 0.15) is 0 Å². The summed E-state index contributed by atoms with van der Waals surface area (Å²) in [4.78, 5) is 0. The molecule has 0 fully saturated rings. The summed E-state index contributed by atoms with van der Waals surface area (Å²) in [6.45, 7) is 0. The Morgan fingerprint density at radius 3 is 1.71 bits per heavy atom. The van der Waals surface area contributed by atoms with E-state index in [4.69, 9.17) is 22.0 Å². The van der Waals surface area contributed by atoms with Crippen molar-refractivity contribution in [2.24, 2.45) is 26.5 Å². The number of hydrogen-bond acceptors (Lipinski definition) is 3. The van der Waals surface area contributed by atoms with E-state index < -0.39 is 16.4 Å². The lowest BCUT2D eigenvalue weighted by Crippen LogP contribution is -1.96. The molecule has 0 aliphatic carbocycles. The predicted octanol–water partition coefficient (Wildman–Crippen LogP) is -0.724. The fourth-order valence-electron chi connectivity index (χ4n) is 0.133. The van der Waals surface area contributed by atoms with Crippen LogP contribution in [0, 0.1) is 0 Å². The Bertz CT molecular complexity index is 70.1. The van der Waals surface area contributed by atoms with E-state index in [1.807, 2.05) is 0 Å². The molecule has 0 aliphatic rings. The van der Waals surface area contributed by atoms with Crippen LogP contribution < -0.4 is 22.0 Å². The first-order valence-corrected chi connectivity index (χ1v) is 4.55. The second-order valence-electron chi connectivity index (χ2n) is 0.905. The molecule has 0 radical (unpaired) electrons. The van der Waals surface area contributed by atoms with Gasteiger partial charge in [0.15, 0.2) is 8.37 Å². The van der Waals surface area contributed by atoms with E-state index in [1.54, 1.807) is 0 Å². The van der Waals surface area contributed by atoms with Crippen LogP contribution in [0.5, 0.6) is 0 Å². The smallest absolute Gasteiger partial charge is 0.158 e. The maximum Gasteiger partial charge on any atom is 0.158 e. The van der Waals surface area contributed by atoms with Crippen molar-refractivity contribution in [3.63, 3.8) is 0 Å². The molecule has 0 aliphatic heterocycles. The Morgan fingerprint density at radius 1 is 1.29 bits per heavy atom. The SMILES string of the molecule is NP(N)N=[PH](N)N. The monoisotopic (exact) mass is 141 g/mol. The summed E-state index contributed by atoms with van der Waals surface area (Å²) >= 11 is 0. The van der Waals surface area contributed by atoms with E-state index in [2.05, 4.69) is 4.52 Å². The highest BCUT2D eigenvalue weighted by atomic mass is 31.2. The second-order valence-corrected chi connectivity index (χ2v) is 3.31. The van der Waals surface area contributed by atoms with Crippen LogP contribution in [0.2, 0.25) is 0 Å². The normalized spacial score (nSPS) is 10.6. The molecule has 0 aromatic rings. The van der Waals surface area contributed by atoms with Crippen molar-refractivity contribution in [2.75, 3.05) is 0 Å². The summed E-state index contributed by atoms with van der Waals surface area (Å²) in [5, 5.41) is 0. The lowest BCUT2D eigenvalue weighted by Gasteiger charge is -1.94. The van der Waals surface area contributed by atoms with Gasteiger partial charge in [0.05, 0.1) is 8.01 Å². The van der Waals surface area contributed by atoms with Gasteiger partial charge in [-0.15, -0.1) is 0 Å². The summed E-state index contributed by atoms with van der Waals surface area (Å²) in [5.74, 6) is 0. The Hall–Kier alpha value is 0.500. The molecule has 0 heterocycles. The number of hydrogen-bond donors (Lipinski definition) is 4. The third-order valence-corrected chi connectivity index (χ3v) is 2.08. The fourth-order valence-corrected chi connectivity index (χ4v) is 1.20. The molecule has 0 unspecified atom stereocenters. The van der Waals surface area contributed by atoms with Gasteiger partial charge in [-0.2, -0.15) is 0 Å². The van der Waals surface area contributed by atoms with Crippen molar-refractivity contribution >= 4 is 16.4 Å². The molecule has 0 saturated carbocycles. The quantitative estimate of drug-likeness (QED) is 0.360. The van der Waals surface area contributed by atoms with Gasteiger partial charge in [-0.3, -0.25) is 22.0 Å². The number of rotatable bonds is 1. The predicted molar refractivity (Wildman–Crippen MR) is 34.4 cm³/mol. The minimum atomic E-state index is -1.53. The highest BCUT2D eigenvalue weighted by Gasteiger charge is 1.82. The summed E-state index contributed by atoms with van der Waals surface area (Å²) in [6.07, 6.45) is 0.